The minimum Gasteiger partial charge on any atom is -0.492 e. The zero-order valence-corrected chi connectivity index (χ0v) is 13.1. The van der Waals surface area contributed by atoms with Gasteiger partial charge in [0, 0.05) is 0 Å². The van der Waals surface area contributed by atoms with Gasteiger partial charge in [-0.15, -0.1) is 0 Å². The summed E-state index contributed by atoms with van der Waals surface area (Å²) in [5.74, 6) is 5.43. The van der Waals surface area contributed by atoms with Gasteiger partial charge in [-0.3, -0.25) is 10.2 Å². The molecule has 0 spiro atoms. The molecule has 0 atom stereocenters. The first kappa shape index (κ1) is 17.8. The van der Waals surface area contributed by atoms with Crippen molar-refractivity contribution in [3.63, 3.8) is 0 Å². The van der Waals surface area contributed by atoms with E-state index in [1.54, 1.807) is 45.0 Å². The molecular weight excluding hydrogens is 286 g/mol. The molecule has 0 radical (unpaired) electrons. The van der Waals surface area contributed by atoms with Crippen LogP contribution < -0.4 is 21.3 Å². The van der Waals surface area contributed by atoms with Gasteiger partial charge in [0.2, 0.25) is 5.91 Å². The van der Waals surface area contributed by atoms with Crippen LogP contribution in [0.4, 0.5) is 4.79 Å². The van der Waals surface area contributed by atoms with Gasteiger partial charge in [-0.05, 0) is 38.5 Å². The molecule has 1 rings (SSSR count). The van der Waals surface area contributed by atoms with Crippen molar-refractivity contribution in [1.29, 1.82) is 0 Å². The van der Waals surface area contributed by atoms with E-state index < -0.39 is 11.7 Å². The average molecular weight is 309 g/mol. The summed E-state index contributed by atoms with van der Waals surface area (Å²) in [7, 11) is 0. The van der Waals surface area contributed by atoms with Crippen molar-refractivity contribution >= 4 is 12.0 Å². The predicted molar refractivity (Wildman–Crippen MR) is 82.2 cm³/mol. The standard InChI is InChI=1S/C15H23N3O4/c1-15(2,3)22-14(20)17-8-9-21-12-6-4-11(5-7-12)10-13(19)18-16/h4-7H,8-10,16H2,1-3H3,(H,17,20)(H,18,19). The van der Waals surface area contributed by atoms with Gasteiger partial charge in [0.05, 0.1) is 13.0 Å². The Morgan fingerprint density at radius 2 is 1.82 bits per heavy atom. The SMILES string of the molecule is CC(C)(C)OC(=O)NCCOc1ccc(CC(=O)NN)cc1. The van der Waals surface area contributed by atoms with E-state index >= 15 is 0 Å². The van der Waals surface area contributed by atoms with Crippen molar-refractivity contribution in [2.75, 3.05) is 13.2 Å². The molecule has 1 aromatic carbocycles. The Morgan fingerprint density at radius 3 is 2.36 bits per heavy atom. The molecule has 1 aromatic rings. The smallest absolute Gasteiger partial charge is 0.407 e. The van der Waals surface area contributed by atoms with E-state index in [4.69, 9.17) is 15.3 Å². The van der Waals surface area contributed by atoms with Crippen molar-refractivity contribution in [3.8, 4) is 5.75 Å². The van der Waals surface area contributed by atoms with E-state index in [0.717, 1.165) is 5.56 Å². The third kappa shape index (κ3) is 7.49. The van der Waals surface area contributed by atoms with E-state index in [2.05, 4.69) is 10.7 Å². The number of amides is 2. The minimum absolute atomic E-state index is 0.219. The fourth-order valence-electron chi connectivity index (χ4n) is 1.58. The molecule has 0 aliphatic carbocycles. The molecule has 0 bridgehead atoms. The Morgan fingerprint density at radius 1 is 1.18 bits per heavy atom. The van der Waals surface area contributed by atoms with Crippen molar-refractivity contribution < 1.29 is 19.1 Å². The summed E-state index contributed by atoms with van der Waals surface area (Å²) >= 11 is 0. The van der Waals surface area contributed by atoms with E-state index in [9.17, 15) is 9.59 Å². The molecule has 0 heterocycles. The molecule has 0 aliphatic rings. The quantitative estimate of drug-likeness (QED) is 0.316. The van der Waals surface area contributed by atoms with Gasteiger partial charge in [-0.2, -0.15) is 0 Å². The zero-order chi connectivity index (χ0) is 16.6. The second-order valence-electron chi connectivity index (χ2n) is 5.67. The number of nitrogens with two attached hydrogens (primary N) is 1. The van der Waals surface area contributed by atoms with E-state index in [0.29, 0.717) is 18.9 Å². The van der Waals surface area contributed by atoms with Crippen LogP contribution in [-0.2, 0) is 16.0 Å². The van der Waals surface area contributed by atoms with Crippen molar-refractivity contribution in [1.82, 2.24) is 10.7 Å². The Balaban J connectivity index is 2.28. The molecule has 7 nitrogen and oxygen atoms in total. The second-order valence-corrected chi connectivity index (χ2v) is 5.67. The minimum atomic E-state index is -0.517. The lowest BCUT2D eigenvalue weighted by atomic mass is 10.1. The van der Waals surface area contributed by atoms with Crippen LogP contribution in [0, 0.1) is 0 Å². The van der Waals surface area contributed by atoms with Crippen LogP contribution in [0.25, 0.3) is 0 Å². The van der Waals surface area contributed by atoms with Crippen LogP contribution >= 0.6 is 0 Å². The highest BCUT2D eigenvalue weighted by Gasteiger charge is 2.15. The molecule has 0 saturated carbocycles. The van der Waals surface area contributed by atoms with Gasteiger partial charge < -0.3 is 14.8 Å². The summed E-state index contributed by atoms with van der Waals surface area (Å²) in [5.41, 5.74) is 2.39. The summed E-state index contributed by atoms with van der Waals surface area (Å²) in [5, 5.41) is 2.60. The Labute approximate surface area is 130 Å². The number of ether oxygens (including phenoxy) is 2. The van der Waals surface area contributed by atoms with Gasteiger partial charge in [-0.1, -0.05) is 12.1 Å². The first-order valence-corrected chi connectivity index (χ1v) is 6.98. The first-order valence-electron chi connectivity index (χ1n) is 6.98. The maximum atomic E-state index is 11.4. The Kier molecular flexibility index (Phi) is 6.65. The third-order valence-electron chi connectivity index (χ3n) is 2.49. The first-order chi connectivity index (χ1) is 10.3. The molecule has 22 heavy (non-hydrogen) atoms. The predicted octanol–water partition coefficient (Wildman–Crippen LogP) is 1.12. The number of hydrazine groups is 1. The lowest BCUT2D eigenvalue weighted by molar-refractivity contribution is -0.120. The van der Waals surface area contributed by atoms with Crippen LogP contribution in [0.3, 0.4) is 0 Å². The zero-order valence-electron chi connectivity index (χ0n) is 13.1. The average Bonchev–Trinajstić information content (AvgIpc) is 2.43. The van der Waals surface area contributed by atoms with Gasteiger partial charge >= 0.3 is 6.09 Å². The topological polar surface area (TPSA) is 103 Å². The van der Waals surface area contributed by atoms with Crippen LogP contribution in [0.5, 0.6) is 5.75 Å². The number of benzene rings is 1. The molecule has 2 amide bonds. The largest absolute Gasteiger partial charge is 0.492 e. The molecule has 7 heteroatoms. The molecule has 4 N–H and O–H groups in total. The monoisotopic (exact) mass is 309 g/mol. The Hall–Kier alpha value is -2.28. The molecule has 0 saturated heterocycles. The number of alkyl carbamates (subject to hydrolysis) is 1. The number of carbonyl (C=O) groups excluding carboxylic acids is 2. The molecule has 0 unspecified atom stereocenters. The Bertz CT molecular complexity index is 495. The summed E-state index contributed by atoms with van der Waals surface area (Å²) in [6.45, 7) is 6.06. The molecule has 122 valence electrons. The summed E-state index contributed by atoms with van der Waals surface area (Å²) in [6, 6.07) is 7.08. The van der Waals surface area contributed by atoms with Gasteiger partial charge in [0.15, 0.2) is 0 Å². The van der Waals surface area contributed by atoms with E-state index in [1.807, 2.05) is 0 Å². The van der Waals surface area contributed by atoms with E-state index in [-0.39, 0.29) is 12.3 Å². The lowest BCUT2D eigenvalue weighted by Gasteiger charge is -2.19. The molecular formula is C15H23N3O4. The highest BCUT2D eigenvalue weighted by atomic mass is 16.6. The van der Waals surface area contributed by atoms with E-state index in [1.165, 1.54) is 0 Å². The van der Waals surface area contributed by atoms with Crippen LogP contribution in [0.2, 0.25) is 0 Å². The molecule has 0 aromatic heterocycles. The van der Waals surface area contributed by atoms with Gasteiger partial charge in [0.25, 0.3) is 0 Å². The van der Waals surface area contributed by atoms with Crippen molar-refractivity contribution in [2.24, 2.45) is 5.84 Å². The number of carbonyl (C=O) groups is 2. The van der Waals surface area contributed by atoms with Crippen LogP contribution in [-0.4, -0.2) is 30.8 Å². The van der Waals surface area contributed by atoms with Crippen molar-refractivity contribution in [2.45, 2.75) is 32.8 Å². The summed E-state index contributed by atoms with van der Waals surface area (Å²) < 4.78 is 10.6. The summed E-state index contributed by atoms with van der Waals surface area (Å²) in [6.07, 6.45) is -0.254. The number of rotatable bonds is 6. The van der Waals surface area contributed by atoms with Gasteiger partial charge in [-0.25, -0.2) is 10.6 Å². The summed E-state index contributed by atoms with van der Waals surface area (Å²) in [4.78, 5) is 22.5. The van der Waals surface area contributed by atoms with Crippen LogP contribution in [0.1, 0.15) is 26.3 Å². The van der Waals surface area contributed by atoms with Crippen LogP contribution in [0.15, 0.2) is 24.3 Å². The maximum Gasteiger partial charge on any atom is 0.407 e. The van der Waals surface area contributed by atoms with Crippen molar-refractivity contribution in [3.05, 3.63) is 29.8 Å². The maximum absolute atomic E-state index is 11.4. The third-order valence-corrected chi connectivity index (χ3v) is 2.49. The second kappa shape index (κ2) is 8.23. The highest BCUT2D eigenvalue weighted by molar-refractivity contribution is 5.77. The molecule has 0 fully saturated rings. The normalized spacial score (nSPS) is 10.7. The fraction of sp³-hybridized carbons (Fsp3) is 0.467. The molecule has 0 aliphatic heterocycles. The number of nitrogens with one attached hydrogen (secondary N) is 2. The highest BCUT2D eigenvalue weighted by Crippen LogP contribution is 2.12. The fourth-order valence-corrected chi connectivity index (χ4v) is 1.58. The number of hydrogen-bond acceptors (Lipinski definition) is 5. The lowest BCUT2D eigenvalue weighted by Crippen LogP contribution is -2.34. The number of hydrogen-bond donors (Lipinski definition) is 3. The van der Waals surface area contributed by atoms with Gasteiger partial charge in [0.1, 0.15) is 18.0 Å².